The van der Waals surface area contributed by atoms with Gasteiger partial charge in [-0.25, -0.2) is 0 Å². The van der Waals surface area contributed by atoms with Crippen LogP contribution >= 0.6 is 15.9 Å². The first-order valence-corrected chi connectivity index (χ1v) is 7.35. The van der Waals surface area contributed by atoms with E-state index in [0.717, 1.165) is 16.6 Å². The van der Waals surface area contributed by atoms with E-state index in [0.29, 0.717) is 17.8 Å². The van der Waals surface area contributed by atoms with Gasteiger partial charge in [-0.2, -0.15) is 13.2 Å². The number of alkyl halides is 3. The van der Waals surface area contributed by atoms with E-state index in [4.69, 9.17) is 0 Å². The molecule has 0 heterocycles. The molecule has 0 unspecified atom stereocenters. The van der Waals surface area contributed by atoms with Crippen molar-refractivity contribution in [1.29, 1.82) is 0 Å². The van der Waals surface area contributed by atoms with E-state index >= 15 is 0 Å². The van der Waals surface area contributed by atoms with Crippen molar-refractivity contribution < 1.29 is 18.0 Å². The van der Waals surface area contributed by atoms with Gasteiger partial charge in [0.05, 0.1) is 5.56 Å². The molecule has 0 saturated carbocycles. The van der Waals surface area contributed by atoms with Crippen molar-refractivity contribution in [2.24, 2.45) is 0 Å². The summed E-state index contributed by atoms with van der Waals surface area (Å²) in [5, 5.41) is 2.94. The van der Waals surface area contributed by atoms with Gasteiger partial charge in [0.1, 0.15) is 0 Å². The highest BCUT2D eigenvalue weighted by molar-refractivity contribution is 9.10. The van der Waals surface area contributed by atoms with Crippen molar-refractivity contribution >= 4 is 27.4 Å². The van der Waals surface area contributed by atoms with Crippen LogP contribution in [0, 0.1) is 0 Å². The molecule has 0 aromatic heterocycles. The summed E-state index contributed by atoms with van der Waals surface area (Å²) in [6.07, 6.45) is -4.07. The summed E-state index contributed by atoms with van der Waals surface area (Å²) in [5.74, 6) is -0.0214. The van der Waals surface area contributed by atoms with Crippen LogP contribution in [0.5, 0.6) is 0 Å². The third-order valence-corrected chi connectivity index (χ3v) is 3.59. The second-order valence-corrected chi connectivity index (χ2v) is 5.60. The highest BCUT2D eigenvalue weighted by atomic mass is 79.9. The fourth-order valence-electron chi connectivity index (χ4n) is 1.88. The molecule has 22 heavy (non-hydrogen) atoms. The summed E-state index contributed by atoms with van der Waals surface area (Å²) in [6, 6.07) is 11.8. The molecule has 0 bridgehead atoms. The summed E-state index contributed by atoms with van der Waals surface area (Å²) in [4.78, 5) is 11.9. The summed E-state index contributed by atoms with van der Waals surface area (Å²) in [7, 11) is 0. The lowest BCUT2D eigenvalue weighted by Gasteiger charge is -2.09. The van der Waals surface area contributed by atoms with Crippen molar-refractivity contribution in [3.63, 3.8) is 0 Å². The van der Waals surface area contributed by atoms with Crippen molar-refractivity contribution in [3.8, 4) is 0 Å². The molecule has 6 heteroatoms. The van der Waals surface area contributed by atoms with E-state index in [2.05, 4.69) is 21.2 Å². The maximum atomic E-state index is 12.4. The number of hydrogen-bond acceptors (Lipinski definition) is 2. The second-order valence-electron chi connectivity index (χ2n) is 4.68. The Hall–Kier alpha value is -1.82. The minimum atomic E-state index is -4.34. The average Bonchev–Trinajstić information content (AvgIpc) is 2.47. The second kappa shape index (κ2) is 6.96. The van der Waals surface area contributed by atoms with Crippen molar-refractivity contribution in [2.45, 2.75) is 12.6 Å². The van der Waals surface area contributed by atoms with Crippen LogP contribution in [0.4, 0.5) is 18.9 Å². The fraction of sp³-hybridized carbons (Fsp3) is 0.188. The van der Waals surface area contributed by atoms with Gasteiger partial charge in [0, 0.05) is 28.7 Å². The van der Waals surface area contributed by atoms with E-state index in [1.807, 2.05) is 0 Å². The van der Waals surface area contributed by atoms with Gasteiger partial charge in [0.15, 0.2) is 5.78 Å². The van der Waals surface area contributed by atoms with E-state index in [1.165, 1.54) is 12.1 Å². The van der Waals surface area contributed by atoms with Crippen LogP contribution in [0.2, 0.25) is 0 Å². The standard InChI is InChI=1S/C16H13BrF3NO/c17-13-5-1-11(2-6-13)15(22)9-10-21-14-7-3-12(4-8-14)16(18,19)20/h1-8,21H,9-10H2. The molecule has 2 nitrogen and oxygen atoms in total. The predicted octanol–water partition coefficient (Wildman–Crippen LogP) is 5.15. The van der Waals surface area contributed by atoms with Crippen LogP contribution in [0.1, 0.15) is 22.3 Å². The number of nitrogens with one attached hydrogen (secondary N) is 1. The fourth-order valence-corrected chi connectivity index (χ4v) is 2.14. The highest BCUT2D eigenvalue weighted by Crippen LogP contribution is 2.29. The first-order valence-electron chi connectivity index (χ1n) is 6.56. The first kappa shape index (κ1) is 16.5. The van der Waals surface area contributed by atoms with Crippen LogP contribution in [0.25, 0.3) is 0 Å². The Balaban J connectivity index is 1.86. The largest absolute Gasteiger partial charge is 0.416 e. The molecule has 0 fully saturated rings. The third kappa shape index (κ3) is 4.59. The van der Waals surface area contributed by atoms with Gasteiger partial charge in [-0.15, -0.1) is 0 Å². The number of carbonyl (C=O) groups excluding carboxylic acids is 1. The number of hydrogen-bond donors (Lipinski definition) is 1. The molecular weight excluding hydrogens is 359 g/mol. The smallest absolute Gasteiger partial charge is 0.385 e. The van der Waals surface area contributed by atoms with Gasteiger partial charge in [-0.1, -0.05) is 28.1 Å². The monoisotopic (exact) mass is 371 g/mol. The lowest BCUT2D eigenvalue weighted by Crippen LogP contribution is -2.09. The lowest BCUT2D eigenvalue weighted by molar-refractivity contribution is -0.137. The highest BCUT2D eigenvalue weighted by Gasteiger charge is 2.29. The number of anilines is 1. The molecular formula is C16H13BrF3NO. The molecule has 2 aromatic rings. The molecule has 2 rings (SSSR count). The van der Waals surface area contributed by atoms with E-state index in [9.17, 15) is 18.0 Å². The maximum Gasteiger partial charge on any atom is 0.416 e. The normalized spacial score (nSPS) is 11.3. The maximum absolute atomic E-state index is 12.4. The topological polar surface area (TPSA) is 29.1 Å². The average molecular weight is 372 g/mol. The van der Waals surface area contributed by atoms with Gasteiger partial charge < -0.3 is 5.32 Å². The van der Waals surface area contributed by atoms with Crippen LogP contribution in [-0.4, -0.2) is 12.3 Å². The first-order chi connectivity index (χ1) is 10.4. The number of ketones is 1. The zero-order valence-corrected chi connectivity index (χ0v) is 13.0. The van der Waals surface area contributed by atoms with Gasteiger partial charge in [-0.3, -0.25) is 4.79 Å². The molecule has 0 spiro atoms. The van der Waals surface area contributed by atoms with Gasteiger partial charge in [0.25, 0.3) is 0 Å². The van der Waals surface area contributed by atoms with Gasteiger partial charge in [0.2, 0.25) is 0 Å². The van der Waals surface area contributed by atoms with Crippen LogP contribution in [0.15, 0.2) is 53.0 Å². The molecule has 0 atom stereocenters. The van der Waals surface area contributed by atoms with E-state index < -0.39 is 11.7 Å². The van der Waals surface area contributed by atoms with E-state index in [1.54, 1.807) is 24.3 Å². The van der Waals surface area contributed by atoms with Crippen molar-refractivity contribution in [2.75, 3.05) is 11.9 Å². The summed E-state index contributed by atoms with van der Waals surface area (Å²) < 4.78 is 38.2. The van der Waals surface area contributed by atoms with Crippen LogP contribution in [0.3, 0.4) is 0 Å². The molecule has 0 aliphatic rings. The van der Waals surface area contributed by atoms with Crippen molar-refractivity contribution in [1.82, 2.24) is 0 Å². The Morgan fingerprint density at radius 2 is 1.59 bits per heavy atom. The van der Waals surface area contributed by atoms with Crippen LogP contribution in [-0.2, 0) is 6.18 Å². The van der Waals surface area contributed by atoms with E-state index in [-0.39, 0.29) is 12.2 Å². The Morgan fingerprint density at radius 1 is 1.00 bits per heavy atom. The minimum absolute atomic E-state index is 0.0214. The molecule has 0 radical (unpaired) electrons. The predicted molar refractivity (Wildman–Crippen MR) is 83.0 cm³/mol. The van der Waals surface area contributed by atoms with Crippen LogP contribution < -0.4 is 5.32 Å². The quantitative estimate of drug-likeness (QED) is 0.736. The zero-order chi connectivity index (χ0) is 16.2. The molecule has 0 aliphatic heterocycles. The molecule has 0 saturated heterocycles. The van der Waals surface area contributed by atoms with Gasteiger partial charge in [-0.05, 0) is 36.4 Å². The number of benzene rings is 2. The lowest BCUT2D eigenvalue weighted by atomic mass is 10.1. The minimum Gasteiger partial charge on any atom is -0.385 e. The molecule has 0 amide bonds. The number of Topliss-reactive ketones (excluding diaryl/α,β-unsaturated/α-hetero) is 1. The Bertz CT molecular complexity index is 636. The van der Waals surface area contributed by atoms with Gasteiger partial charge >= 0.3 is 6.18 Å². The van der Waals surface area contributed by atoms with Crippen molar-refractivity contribution in [3.05, 3.63) is 64.1 Å². The zero-order valence-electron chi connectivity index (χ0n) is 11.5. The third-order valence-electron chi connectivity index (χ3n) is 3.06. The summed E-state index contributed by atoms with van der Waals surface area (Å²) in [6.45, 7) is 0.361. The number of rotatable bonds is 5. The number of carbonyl (C=O) groups is 1. The molecule has 0 aliphatic carbocycles. The SMILES string of the molecule is O=C(CCNc1ccc(C(F)(F)F)cc1)c1ccc(Br)cc1. The molecule has 1 N–H and O–H groups in total. The molecule has 2 aromatic carbocycles. The molecule has 116 valence electrons. The Morgan fingerprint density at radius 3 is 2.14 bits per heavy atom. The number of halogens is 4. The summed E-state index contributed by atoms with van der Waals surface area (Å²) in [5.41, 5.74) is 0.470. The Kier molecular flexibility index (Phi) is 5.24. The summed E-state index contributed by atoms with van der Waals surface area (Å²) >= 11 is 3.29. The Labute approximate surface area is 134 Å².